The van der Waals surface area contributed by atoms with E-state index in [1.165, 1.54) is 0 Å². The summed E-state index contributed by atoms with van der Waals surface area (Å²) in [5.41, 5.74) is 3.28. The molecule has 1 saturated heterocycles. The molecule has 3 aliphatic rings. The van der Waals surface area contributed by atoms with Gasteiger partial charge in [0.2, 0.25) is 11.8 Å². The van der Waals surface area contributed by atoms with Crippen molar-refractivity contribution in [2.45, 2.75) is 50.6 Å². The van der Waals surface area contributed by atoms with Crippen LogP contribution in [0.15, 0.2) is 48.8 Å². The quantitative estimate of drug-likeness (QED) is 0.304. The minimum absolute atomic E-state index is 0.102. The number of anilines is 2. The third-order valence-corrected chi connectivity index (χ3v) is 8.23. The molecule has 6 rings (SSSR count). The molecule has 2 aromatic heterocycles. The van der Waals surface area contributed by atoms with Crippen LogP contribution in [0.2, 0.25) is 0 Å². The normalized spacial score (nSPS) is 21.9. The fourth-order valence-corrected chi connectivity index (χ4v) is 5.86. The number of amides is 4. The van der Waals surface area contributed by atoms with Gasteiger partial charge < -0.3 is 10.2 Å². The van der Waals surface area contributed by atoms with Gasteiger partial charge in [0.25, 0.3) is 11.8 Å². The maximum Gasteiger partial charge on any atom is 0.262 e. The van der Waals surface area contributed by atoms with Crippen LogP contribution in [0.1, 0.15) is 65.3 Å². The second-order valence-electron chi connectivity index (χ2n) is 11.3. The highest BCUT2D eigenvalue weighted by Gasteiger charge is 2.44. The molecule has 2 aliphatic heterocycles. The SMILES string of the molecule is CN(C)c1cccc(-c2cnn([C@H]3C[C@H](CCCNc4ccc5c(c4)C(=O)N(C4CCC(=O)NC4=O)C5=O)C3)c2)n1. The highest BCUT2D eigenvalue weighted by Crippen LogP contribution is 2.40. The molecular weight excluding hydrogens is 522 g/mol. The van der Waals surface area contributed by atoms with E-state index in [4.69, 9.17) is 4.98 Å². The van der Waals surface area contributed by atoms with Gasteiger partial charge in [0.05, 0.1) is 29.1 Å². The Morgan fingerprint density at radius 2 is 1.85 bits per heavy atom. The Balaban J connectivity index is 0.971. The number of nitrogens with one attached hydrogen (secondary N) is 2. The van der Waals surface area contributed by atoms with Crippen molar-refractivity contribution in [3.05, 3.63) is 59.9 Å². The number of piperidine rings is 1. The number of nitrogens with zero attached hydrogens (tertiary/aromatic N) is 5. The fraction of sp³-hybridized carbons (Fsp3) is 0.400. The minimum Gasteiger partial charge on any atom is -0.385 e. The molecule has 1 aliphatic carbocycles. The Hall–Kier alpha value is -4.54. The van der Waals surface area contributed by atoms with Gasteiger partial charge in [0, 0.05) is 44.5 Å². The molecule has 0 radical (unpaired) electrons. The van der Waals surface area contributed by atoms with Crippen LogP contribution in [0.5, 0.6) is 0 Å². The van der Waals surface area contributed by atoms with Crippen molar-refractivity contribution in [2.75, 3.05) is 30.9 Å². The summed E-state index contributed by atoms with van der Waals surface area (Å²) in [5.74, 6) is -0.415. The molecule has 0 spiro atoms. The molecule has 4 heterocycles. The van der Waals surface area contributed by atoms with Crippen molar-refractivity contribution in [1.82, 2.24) is 25.0 Å². The van der Waals surface area contributed by atoms with Crippen molar-refractivity contribution in [3.63, 3.8) is 0 Å². The first-order valence-corrected chi connectivity index (χ1v) is 14.1. The largest absolute Gasteiger partial charge is 0.385 e. The first-order chi connectivity index (χ1) is 19.8. The maximum atomic E-state index is 13.0. The second kappa shape index (κ2) is 10.8. The van der Waals surface area contributed by atoms with Gasteiger partial charge in [-0.3, -0.25) is 34.1 Å². The van der Waals surface area contributed by atoms with Gasteiger partial charge in [-0.05, 0) is 68.4 Å². The molecular formula is C30H33N7O4. The smallest absolute Gasteiger partial charge is 0.262 e. The molecule has 0 bridgehead atoms. The van der Waals surface area contributed by atoms with E-state index in [0.717, 1.165) is 59.9 Å². The van der Waals surface area contributed by atoms with Gasteiger partial charge in [-0.15, -0.1) is 0 Å². The van der Waals surface area contributed by atoms with Crippen LogP contribution in [0.25, 0.3) is 11.3 Å². The molecule has 11 heteroatoms. The summed E-state index contributed by atoms with van der Waals surface area (Å²) in [7, 11) is 3.96. The van der Waals surface area contributed by atoms with Crippen molar-refractivity contribution < 1.29 is 19.2 Å². The summed E-state index contributed by atoms with van der Waals surface area (Å²) >= 11 is 0. The predicted octanol–water partition coefficient (Wildman–Crippen LogP) is 3.26. The molecule has 212 valence electrons. The topological polar surface area (TPSA) is 130 Å². The van der Waals surface area contributed by atoms with Crippen LogP contribution in [-0.2, 0) is 9.59 Å². The average Bonchev–Trinajstić information content (AvgIpc) is 3.51. The Labute approximate surface area is 237 Å². The van der Waals surface area contributed by atoms with E-state index in [9.17, 15) is 19.2 Å². The van der Waals surface area contributed by atoms with Gasteiger partial charge in [-0.2, -0.15) is 5.10 Å². The summed E-state index contributed by atoms with van der Waals surface area (Å²) < 4.78 is 2.06. The number of carbonyl (C=O) groups is 4. The van der Waals surface area contributed by atoms with Crippen LogP contribution in [0.4, 0.5) is 11.5 Å². The fourth-order valence-electron chi connectivity index (χ4n) is 5.86. The van der Waals surface area contributed by atoms with Crippen LogP contribution in [-0.4, -0.2) is 70.0 Å². The van der Waals surface area contributed by atoms with Crippen LogP contribution in [0.3, 0.4) is 0 Å². The lowest BCUT2D eigenvalue weighted by molar-refractivity contribution is -0.136. The zero-order chi connectivity index (χ0) is 28.7. The Morgan fingerprint density at radius 1 is 1.05 bits per heavy atom. The average molecular weight is 556 g/mol. The summed E-state index contributed by atoms with van der Waals surface area (Å²) in [5, 5.41) is 10.2. The van der Waals surface area contributed by atoms with Crippen molar-refractivity contribution in [3.8, 4) is 11.3 Å². The zero-order valence-electron chi connectivity index (χ0n) is 23.2. The van der Waals surface area contributed by atoms with E-state index >= 15 is 0 Å². The molecule has 41 heavy (non-hydrogen) atoms. The highest BCUT2D eigenvalue weighted by atomic mass is 16.2. The van der Waals surface area contributed by atoms with E-state index in [1.807, 2.05) is 43.4 Å². The Morgan fingerprint density at radius 3 is 2.63 bits per heavy atom. The molecule has 3 aromatic rings. The lowest BCUT2D eigenvalue weighted by atomic mass is 9.77. The van der Waals surface area contributed by atoms with Crippen LogP contribution in [0, 0.1) is 5.92 Å². The molecule has 1 saturated carbocycles. The molecule has 4 amide bonds. The van der Waals surface area contributed by atoms with Crippen molar-refractivity contribution in [1.29, 1.82) is 0 Å². The van der Waals surface area contributed by atoms with E-state index in [2.05, 4.69) is 26.6 Å². The van der Waals surface area contributed by atoms with Crippen molar-refractivity contribution >= 4 is 35.1 Å². The number of imide groups is 2. The lowest BCUT2D eigenvalue weighted by Crippen LogP contribution is -2.54. The number of benzene rings is 1. The first-order valence-electron chi connectivity index (χ1n) is 14.1. The van der Waals surface area contributed by atoms with Gasteiger partial charge in [-0.1, -0.05) is 6.07 Å². The molecule has 1 aromatic carbocycles. The van der Waals surface area contributed by atoms with Gasteiger partial charge in [0.1, 0.15) is 11.9 Å². The number of carbonyl (C=O) groups excluding carboxylic acids is 4. The Kier molecular flexibility index (Phi) is 7.02. The van der Waals surface area contributed by atoms with E-state index < -0.39 is 23.8 Å². The van der Waals surface area contributed by atoms with E-state index in [-0.39, 0.29) is 29.9 Å². The molecule has 1 unspecified atom stereocenters. The predicted molar refractivity (Wildman–Crippen MR) is 152 cm³/mol. The zero-order valence-corrected chi connectivity index (χ0v) is 23.2. The number of hydrogen-bond donors (Lipinski definition) is 2. The van der Waals surface area contributed by atoms with Crippen molar-refractivity contribution in [2.24, 2.45) is 5.92 Å². The number of rotatable bonds is 9. The number of hydrogen-bond acceptors (Lipinski definition) is 8. The number of pyridine rings is 1. The molecule has 2 N–H and O–H groups in total. The Bertz CT molecular complexity index is 1520. The van der Waals surface area contributed by atoms with Gasteiger partial charge in [0.15, 0.2) is 0 Å². The summed E-state index contributed by atoms with van der Waals surface area (Å²) in [6.07, 6.45) is 8.49. The molecule has 2 fully saturated rings. The molecule has 11 nitrogen and oxygen atoms in total. The monoisotopic (exact) mass is 555 g/mol. The number of aromatic nitrogens is 3. The van der Waals surface area contributed by atoms with Crippen LogP contribution < -0.4 is 15.5 Å². The number of fused-ring (bicyclic) bond motifs is 1. The second-order valence-corrected chi connectivity index (χ2v) is 11.3. The van der Waals surface area contributed by atoms with Gasteiger partial charge >= 0.3 is 0 Å². The van der Waals surface area contributed by atoms with Gasteiger partial charge in [-0.25, -0.2) is 4.98 Å². The summed E-state index contributed by atoms with van der Waals surface area (Å²) in [6, 6.07) is 10.6. The first kappa shape index (κ1) is 26.7. The third-order valence-electron chi connectivity index (χ3n) is 8.23. The highest BCUT2D eigenvalue weighted by molar-refractivity contribution is 6.23. The standard InChI is InChI=1S/C30H33N7O4/c1-35(2)26-7-3-6-24(33-26)19-16-32-36(17-19)21-13-18(14-21)5-4-12-31-20-8-9-22-23(15-20)30(41)37(29(22)40)25-10-11-27(38)34-28(25)39/h3,6-9,15-18,21,25,31H,4-5,10-14H2,1-2H3,(H,34,38,39)/t18-,21-,25?. The third kappa shape index (κ3) is 5.19. The van der Waals surface area contributed by atoms with E-state index in [0.29, 0.717) is 12.0 Å². The lowest BCUT2D eigenvalue weighted by Gasteiger charge is -2.35. The maximum absolute atomic E-state index is 13.0. The van der Waals surface area contributed by atoms with E-state index in [1.54, 1.807) is 18.2 Å². The minimum atomic E-state index is -0.956. The summed E-state index contributed by atoms with van der Waals surface area (Å²) in [6.45, 7) is 0.749. The van der Waals surface area contributed by atoms with Crippen LogP contribution >= 0.6 is 0 Å². The molecule has 1 atom stereocenters. The summed E-state index contributed by atoms with van der Waals surface area (Å²) in [4.78, 5) is 57.3.